The molecule has 1 saturated heterocycles. The molecule has 0 saturated carbocycles. The summed E-state index contributed by atoms with van der Waals surface area (Å²) in [6.07, 6.45) is 8.13. The summed E-state index contributed by atoms with van der Waals surface area (Å²) in [7, 11) is 0. The molecular weight excluding hydrogens is 232 g/mol. The molecule has 4 nitrogen and oxygen atoms in total. The third-order valence-corrected chi connectivity index (χ3v) is 3.82. The van der Waals surface area contributed by atoms with Gasteiger partial charge in [-0.25, -0.2) is 0 Å². The van der Waals surface area contributed by atoms with Crippen molar-refractivity contribution in [3.63, 3.8) is 0 Å². The molecule has 0 amide bonds. The van der Waals surface area contributed by atoms with Crippen molar-refractivity contribution in [1.82, 2.24) is 0 Å². The Hall–Kier alpha value is -1.94. The Morgan fingerprint density at radius 3 is 2.56 bits per heavy atom. The summed E-state index contributed by atoms with van der Waals surface area (Å²) in [5.41, 5.74) is -2.54. The largest absolute Gasteiger partial charge is 0.480 e. The summed E-state index contributed by atoms with van der Waals surface area (Å²) < 4.78 is 11.2. The van der Waals surface area contributed by atoms with E-state index in [1.165, 1.54) is 24.5 Å². The first-order valence-electron chi connectivity index (χ1n) is 5.67. The molecule has 0 aromatic heterocycles. The topological polar surface area (TPSA) is 52.6 Å². The molecule has 0 radical (unpaired) electrons. The van der Waals surface area contributed by atoms with Crippen LogP contribution in [0.5, 0.6) is 0 Å². The Balaban J connectivity index is 2.27. The molecule has 0 aliphatic carbocycles. The molecule has 0 N–H and O–H groups in total. The van der Waals surface area contributed by atoms with Crippen LogP contribution in [-0.4, -0.2) is 28.9 Å². The van der Waals surface area contributed by atoms with Crippen LogP contribution in [0.4, 0.5) is 0 Å². The molecule has 0 aromatic carbocycles. The minimum atomic E-state index is -1.30. The van der Waals surface area contributed by atoms with Crippen LogP contribution in [0, 0.1) is 5.92 Å². The smallest absolute Gasteiger partial charge is 0.214 e. The standard InChI is InChI=1S/C14H12O4/c1-3-13-9-7-8-17-14(4-2,12(9)16)11(18-13)6-5-10(13)15/h3-9,11H,1-2H2/t9-,11-,13-,14-/m0/s1. The van der Waals surface area contributed by atoms with Crippen LogP contribution >= 0.6 is 0 Å². The lowest BCUT2D eigenvalue weighted by molar-refractivity contribution is -0.200. The molecule has 3 aliphatic heterocycles. The first-order chi connectivity index (χ1) is 8.60. The lowest BCUT2D eigenvalue weighted by atomic mass is 9.67. The van der Waals surface area contributed by atoms with Crippen LogP contribution in [0.1, 0.15) is 0 Å². The minimum absolute atomic E-state index is 0.214. The van der Waals surface area contributed by atoms with Gasteiger partial charge in [0.2, 0.25) is 5.60 Å². The molecule has 1 fully saturated rings. The Morgan fingerprint density at radius 2 is 1.89 bits per heavy atom. The van der Waals surface area contributed by atoms with Crippen molar-refractivity contribution in [2.24, 2.45) is 5.92 Å². The summed E-state index contributed by atoms with van der Waals surface area (Å²) in [5, 5.41) is 0. The average molecular weight is 244 g/mol. The highest BCUT2D eigenvalue weighted by molar-refractivity contribution is 6.09. The van der Waals surface area contributed by atoms with Crippen molar-refractivity contribution in [3.8, 4) is 0 Å². The van der Waals surface area contributed by atoms with Crippen molar-refractivity contribution in [1.29, 1.82) is 0 Å². The summed E-state index contributed by atoms with van der Waals surface area (Å²) in [5.74, 6) is -1.19. The van der Waals surface area contributed by atoms with Crippen LogP contribution in [-0.2, 0) is 19.1 Å². The Labute approximate surface area is 104 Å². The second kappa shape index (κ2) is 3.29. The van der Waals surface area contributed by atoms with Crippen LogP contribution in [0.25, 0.3) is 0 Å². The van der Waals surface area contributed by atoms with Crippen molar-refractivity contribution < 1.29 is 19.1 Å². The van der Waals surface area contributed by atoms with E-state index in [0.29, 0.717) is 0 Å². The monoisotopic (exact) mass is 244 g/mol. The van der Waals surface area contributed by atoms with E-state index in [4.69, 9.17) is 9.47 Å². The number of ether oxygens (including phenoxy) is 2. The number of hydrogen-bond acceptors (Lipinski definition) is 4. The Bertz CT molecular complexity index is 530. The van der Waals surface area contributed by atoms with Gasteiger partial charge in [0, 0.05) is 0 Å². The van der Waals surface area contributed by atoms with E-state index in [2.05, 4.69) is 13.2 Å². The fourth-order valence-electron chi connectivity index (χ4n) is 2.77. The Kier molecular flexibility index (Phi) is 2.04. The number of ketones is 2. The molecule has 4 bridgehead atoms. The van der Waals surface area contributed by atoms with Crippen LogP contribution in [0.2, 0.25) is 0 Å². The zero-order valence-corrected chi connectivity index (χ0v) is 9.67. The highest BCUT2D eigenvalue weighted by Gasteiger charge is 2.64. The average Bonchev–Trinajstić information content (AvgIpc) is 2.39. The van der Waals surface area contributed by atoms with Gasteiger partial charge in [-0.1, -0.05) is 19.2 Å². The van der Waals surface area contributed by atoms with Crippen molar-refractivity contribution >= 4 is 11.6 Å². The molecule has 4 atom stereocenters. The van der Waals surface area contributed by atoms with Crippen molar-refractivity contribution in [3.05, 3.63) is 49.8 Å². The molecule has 4 heteroatoms. The van der Waals surface area contributed by atoms with E-state index in [0.717, 1.165) is 0 Å². The highest BCUT2D eigenvalue weighted by Crippen LogP contribution is 2.46. The van der Waals surface area contributed by atoms with Gasteiger partial charge >= 0.3 is 0 Å². The lowest BCUT2D eigenvalue weighted by Gasteiger charge is -2.52. The fraction of sp³-hybridized carbons (Fsp3) is 0.286. The fourth-order valence-corrected chi connectivity index (χ4v) is 2.77. The number of carbonyl (C=O) groups is 2. The first kappa shape index (κ1) is 11.2. The maximum absolute atomic E-state index is 12.5. The first-order valence-corrected chi connectivity index (χ1v) is 5.67. The lowest BCUT2D eigenvalue weighted by Crippen LogP contribution is -2.69. The van der Waals surface area contributed by atoms with Crippen LogP contribution in [0.15, 0.2) is 49.8 Å². The molecule has 18 heavy (non-hydrogen) atoms. The van der Waals surface area contributed by atoms with E-state index >= 15 is 0 Å². The molecule has 0 aromatic rings. The van der Waals surface area contributed by atoms with Crippen LogP contribution in [0.3, 0.4) is 0 Å². The van der Waals surface area contributed by atoms with E-state index in [1.807, 2.05) is 0 Å². The predicted molar refractivity (Wildman–Crippen MR) is 63.6 cm³/mol. The quantitative estimate of drug-likeness (QED) is 0.683. The molecule has 0 spiro atoms. The number of rotatable bonds is 2. The summed E-state index contributed by atoms with van der Waals surface area (Å²) in [6, 6.07) is 0. The molecule has 92 valence electrons. The molecule has 0 unspecified atom stereocenters. The van der Waals surface area contributed by atoms with Crippen molar-refractivity contribution in [2.75, 3.05) is 0 Å². The summed E-state index contributed by atoms with van der Waals surface area (Å²) in [4.78, 5) is 24.6. The van der Waals surface area contributed by atoms with E-state index in [9.17, 15) is 9.59 Å². The summed E-state index contributed by atoms with van der Waals surface area (Å²) >= 11 is 0. The van der Waals surface area contributed by atoms with E-state index in [1.54, 1.807) is 12.2 Å². The third kappa shape index (κ3) is 0.996. The number of hydrogen-bond donors (Lipinski definition) is 0. The third-order valence-electron chi connectivity index (χ3n) is 3.82. The molecule has 3 rings (SSSR count). The SMILES string of the molecule is C=C[C@@]12OC=C[C@@H](C1=O)[C@]1(C=C)O[C@H]2C=CC1=O. The maximum atomic E-state index is 12.5. The van der Waals surface area contributed by atoms with Gasteiger partial charge in [-0.15, -0.1) is 0 Å². The van der Waals surface area contributed by atoms with Gasteiger partial charge in [0.15, 0.2) is 17.2 Å². The number of fused-ring (bicyclic) bond motifs is 6. The van der Waals surface area contributed by atoms with Gasteiger partial charge in [-0.2, -0.15) is 0 Å². The van der Waals surface area contributed by atoms with E-state index in [-0.39, 0.29) is 11.6 Å². The number of Topliss-reactive ketones (excluding diaryl/α,β-unsaturated/α-hetero) is 1. The highest BCUT2D eigenvalue weighted by atomic mass is 16.6. The van der Waals surface area contributed by atoms with Crippen LogP contribution < -0.4 is 0 Å². The molecule has 3 aliphatic rings. The predicted octanol–water partition coefficient (Wildman–Crippen LogP) is 1.10. The zero-order chi connectivity index (χ0) is 13.0. The molecular formula is C14H12O4. The van der Waals surface area contributed by atoms with Gasteiger partial charge in [0.1, 0.15) is 6.10 Å². The minimum Gasteiger partial charge on any atom is -0.480 e. The normalized spacial score (nSPS) is 44.4. The maximum Gasteiger partial charge on any atom is 0.214 e. The Morgan fingerprint density at radius 1 is 1.17 bits per heavy atom. The molecule has 3 heterocycles. The van der Waals surface area contributed by atoms with Gasteiger partial charge < -0.3 is 9.47 Å². The van der Waals surface area contributed by atoms with E-state index < -0.39 is 23.2 Å². The summed E-state index contributed by atoms with van der Waals surface area (Å²) in [6.45, 7) is 7.30. The zero-order valence-electron chi connectivity index (χ0n) is 9.67. The van der Waals surface area contributed by atoms with Gasteiger partial charge in [0.25, 0.3) is 0 Å². The van der Waals surface area contributed by atoms with Crippen molar-refractivity contribution in [2.45, 2.75) is 17.3 Å². The van der Waals surface area contributed by atoms with Gasteiger partial charge in [-0.05, 0) is 24.3 Å². The van der Waals surface area contributed by atoms with Gasteiger partial charge in [-0.3, -0.25) is 9.59 Å². The number of carbonyl (C=O) groups excluding carboxylic acids is 2. The van der Waals surface area contributed by atoms with Gasteiger partial charge in [0.05, 0.1) is 12.2 Å². The second-order valence-corrected chi connectivity index (χ2v) is 4.54. The second-order valence-electron chi connectivity index (χ2n) is 4.54.